The molecule has 0 atom stereocenters. The monoisotopic (exact) mass is 194 g/mol. The van der Waals surface area contributed by atoms with E-state index in [-0.39, 0.29) is 23.9 Å². The predicted molar refractivity (Wildman–Crippen MR) is 47.0 cm³/mol. The third-order valence-corrected chi connectivity index (χ3v) is 1.74. The first kappa shape index (κ1) is 8.68. The molecule has 0 aliphatic carbocycles. The van der Waals surface area contributed by atoms with Gasteiger partial charge in [-0.1, -0.05) is 17.3 Å². The van der Waals surface area contributed by atoms with Gasteiger partial charge < -0.3 is 10.2 Å². The number of oxime groups is 1. The molecule has 0 spiro atoms. The summed E-state index contributed by atoms with van der Waals surface area (Å²) in [6.45, 7) is -0.127. The maximum atomic E-state index is 13.2. The molecule has 0 bridgehead atoms. The molecule has 0 saturated carbocycles. The fourth-order valence-corrected chi connectivity index (χ4v) is 1.12. The van der Waals surface area contributed by atoms with E-state index in [0.717, 1.165) is 0 Å². The first-order valence-corrected chi connectivity index (χ1v) is 4.02. The number of rotatable bonds is 1. The first-order valence-electron chi connectivity index (χ1n) is 4.02. The molecule has 0 unspecified atom stereocenters. The Balaban J connectivity index is 2.35. The number of nitrogens with zero attached hydrogens (tertiary/aromatic N) is 1. The van der Waals surface area contributed by atoms with Crippen molar-refractivity contribution in [1.82, 2.24) is 5.32 Å². The van der Waals surface area contributed by atoms with Crippen LogP contribution in [0.25, 0.3) is 0 Å². The van der Waals surface area contributed by atoms with Crippen LogP contribution in [-0.2, 0) is 9.63 Å². The van der Waals surface area contributed by atoms with Crippen LogP contribution >= 0.6 is 0 Å². The van der Waals surface area contributed by atoms with E-state index in [2.05, 4.69) is 15.3 Å². The molecule has 1 aliphatic heterocycles. The first-order chi connectivity index (χ1) is 6.77. The van der Waals surface area contributed by atoms with Gasteiger partial charge in [-0.25, -0.2) is 4.39 Å². The Hall–Kier alpha value is -1.91. The van der Waals surface area contributed by atoms with Crippen LogP contribution in [0, 0.1) is 5.82 Å². The minimum absolute atomic E-state index is 0.111. The molecular formula is C9H7FN2O2. The Morgan fingerprint density at radius 2 is 2.21 bits per heavy atom. The second kappa shape index (κ2) is 3.45. The zero-order valence-electron chi connectivity index (χ0n) is 7.16. The van der Waals surface area contributed by atoms with Gasteiger partial charge in [0.15, 0.2) is 12.4 Å². The fraction of sp³-hybridized carbons (Fsp3) is 0.111. The topological polar surface area (TPSA) is 50.7 Å². The number of carbonyl (C=O) groups excluding carboxylic acids is 1. The fourth-order valence-electron chi connectivity index (χ4n) is 1.12. The molecule has 5 heteroatoms. The lowest BCUT2D eigenvalue weighted by Crippen LogP contribution is -2.38. The number of amides is 1. The Labute approximate surface area is 79.4 Å². The molecule has 1 aromatic rings. The molecule has 1 aliphatic rings. The lowest BCUT2D eigenvalue weighted by atomic mass is 10.2. The van der Waals surface area contributed by atoms with Crippen molar-refractivity contribution >= 4 is 11.7 Å². The average Bonchev–Trinajstić information content (AvgIpc) is 2.18. The maximum absolute atomic E-state index is 13.2. The summed E-state index contributed by atoms with van der Waals surface area (Å²) >= 11 is 0. The number of hydrogen-bond donors (Lipinski definition) is 1. The molecule has 72 valence electrons. The SMILES string of the molecule is O=C1CON=C(c2ccccc2F)N1. The summed E-state index contributed by atoms with van der Waals surface area (Å²) in [4.78, 5) is 15.5. The highest BCUT2D eigenvalue weighted by Crippen LogP contribution is 2.08. The highest BCUT2D eigenvalue weighted by atomic mass is 19.1. The van der Waals surface area contributed by atoms with Crippen LogP contribution in [-0.4, -0.2) is 18.3 Å². The van der Waals surface area contributed by atoms with Gasteiger partial charge >= 0.3 is 0 Å². The number of nitrogens with one attached hydrogen (secondary N) is 1. The van der Waals surface area contributed by atoms with Gasteiger partial charge in [0.2, 0.25) is 0 Å². The zero-order valence-corrected chi connectivity index (χ0v) is 7.16. The zero-order chi connectivity index (χ0) is 9.97. The van der Waals surface area contributed by atoms with E-state index in [1.807, 2.05) is 0 Å². The van der Waals surface area contributed by atoms with Gasteiger partial charge in [-0.3, -0.25) is 4.79 Å². The van der Waals surface area contributed by atoms with Crippen LogP contribution in [0.15, 0.2) is 29.4 Å². The van der Waals surface area contributed by atoms with Gasteiger partial charge in [-0.05, 0) is 12.1 Å². The van der Waals surface area contributed by atoms with Gasteiger partial charge in [0, 0.05) is 0 Å². The van der Waals surface area contributed by atoms with Crippen molar-refractivity contribution in [3.05, 3.63) is 35.6 Å². The molecule has 1 aromatic carbocycles. The molecule has 1 amide bonds. The number of hydrogen-bond acceptors (Lipinski definition) is 3. The molecule has 0 fully saturated rings. The standard InChI is InChI=1S/C9H7FN2O2/c10-7-4-2-1-3-6(7)9-11-8(13)5-14-12-9/h1-4H,5H2,(H,11,12,13). The van der Waals surface area contributed by atoms with Crippen LogP contribution in [0.5, 0.6) is 0 Å². The van der Waals surface area contributed by atoms with Gasteiger partial charge in [0.1, 0.15) is 5.82 Å². The number of halogens is 1. The molecule has 1 N–H and O–H groups in total. The summed E-state index contributed by atoms with van der Waals surface area (Å²) in [5.74, 6) is -0.672. The van der Waals surface area contributed by atoms with E-state index in [9.17, 15) is 9.18 Å². The Kier molecular flexibility index (Phi) is 2.14. The maximum Gasteiger partial charge on any atom is 0.266 e. The number of amidine groups is 1. The third kappa shape index (κ3) is 1.56. The summed E-state index contributed by atoms with van der Waals surface area (Å²) in [6.07, 6.45) is 0. The van der Waals surface area contributed by atoms with Gasteiger partial charge in [-0.2, -0.15) is 0 Å². The number of benzene rings is 1. The van der Waals surface area contributed by atoms with Crippen molar-refractivity contribution in [3.8, 4) is 0 Å². The van der Waals surface area contributed by atoms with Crippen molar-refractivity contribution in [2.75, 3.05) is 6.61 Å². The van der Waals surface area contributed by atoms with E-state index < -0.39 is 5.82 Å². The summed E-state index contributed by atoms with van der Waals surface area (Å²) < 4.78 is 13.2. The van der Waals surface area contributed by atoms with Crippen molar-refractivity contribution in [1.29, 1.82) is 0 Å². The second-order valence-corrected chi connectivity index (χ2v) is 2.74. The lowest BCUT2D eigenvalue weighted by Gasteiger charge is -2.13. The van der Waals surface area contributed by atoms with E-state index in [1.54, 1.807) is 12.1 Å². The minimum atomic E-state index is -0.447. The smallest absolute Gasteiger partial charge is 0.266 e. The van der Waals surface area contributed by atoms with E-state index in [0.29, 0.717) is 0 Å². The Bertz CT molecular complexity index is 404. The summed E-state index contributed by atoms with van der Waals surface area (Å²) in [6, 6.07) is 6.02. The summed E-state index contributed by atoms with van der Waals surface area (Å²) in [5.41, 5.74) is 0.223. The van der Waals surface area contributed by atoms with Crippen molar-refractivity contribution in [2.45, 2.75) is 0 Å². The van der Waals surface area contributed by atoms with Crippen LogP contribution in [0.1, 0.15) is 5.56 Å². The van der Waals surface area contributed by atoms with Crippen molar-refractivity contribution in [2.24, 2.45) is 5.16 Å². The van der Waals surface area contributed by atoms with E-state index in [4.69, 9.17) is 0 Å². The van der Waals surface area contributed by atoms with E-state index >= 15 is 0 Å². The molecule has 14 heavy (non-hydrogen) atoms. The predicted octanol–water partition coefficient (Wildman–Crippen LogP) is 0.634. The Morgan fingerprint density at radius 1 is 1.43 bits per heavy atom. The molecule has 0 radical (unpaired) electrons. The quantitative estimate of drug-likeness (QED) is 0.713. The average molecular weight is 194 g/mol. The molecular weight excluding hydrogens is 187 g/mol. The van der Waals surface area contributed by atoms with Gasteiger partial charge in [0.25, 0.3) is 5.91 Å². The molecule has 4 nitrogen and oxygen atoms in total. The second-order valence-electron chi connectivity index (χ2n) is 2.74. The van der Waals surface area contributed by atoms with Crippen molar-refractivity contribution in [3.63, 3.8) is 0 Å². The molecule has 1 heterocycles. The number of carbonyl (C=O) groups is 1. The minimum Gasteiger partial charge on any atom is -0.384 e. The van der Waals surface area contributed by atoms with Crippen molar-refractivity contribution < 1.29 is 14.0 Å². The Morgan fingerprint density at radius 3 is 2.93 bits per heavy atom. The molecule has 0 saturated heterocycles. The third-order valence-electron chi connectivity index (χ3n) is 1.74. The molecule has 0 aromatic heterocycles. The normalized spacial score (nSPS) is 15.5. The molecule has 2 rings (SSSR count). The van der Waals surface area contributed by atoms with Gasteiger partial charge in [-0.15, -0.1) is 0 Å². The highest BCUT2D eigenvalue weighted by molar-refractivity contribution is 6.08. The summed E-state index contributed by atoms with van der Waals surface area (Å²) in [5, 5.41) is 5.98. The van der Waals surface area contributed by atoms with Crippen LogP contribution in [0.4, 0.5) is 4.39 Å². The van der Waals surface area contributed by atoms with Crippen LogP contribution < -0.4 is 5.32 Å². The van der Waals surface area contributed by atoms with E-state index in [1.165, 1.54) is 12.1 Å². The highest BCUT2D eigenvalue weighted by Gasteiger charge is 2.17. The van der Waals surface area contributed by atoms with Crippen LogP contribution in [0.3, 0.4) is 0 Å². The lowest BCUT2D eigenvalue weighted by molar-refractivity contribution is -0.125. The van der Waals surface area contributed by atoms with Crippen LogP contribution in [0.2, 0.25) is 0 Å². The van der Waals surface area contributed by atoms with Gasteiger partial charge in [0.05, 0.1) is 5.56 Å². The summed E-state index contributed by atoms with van der Waals surface area (Å²) in [7, 11) is 0. The largest absolute Gasteiger partial charge is 0.384 e.